The number of aromatic carboxylic acids is 1. The molecule has 0 saturated carbocycles. The zero-order valence-electron chi connectivity index (χ0n) is 22.3. The fraction of sp³-hybridized carbons (Fsp3) is 0.484. The monoisotopic (exact) mass is 507 g/mol. The van der Waals surface area contributed by atoms with Crippen LogP contribution in [0.4, 0.5) is 0 Å². The van der Waals surface area contributed by atoms with Crippen molar-refractivity contribution in [2.75, 3.05) is 26.2 Å². The summed E-state index contributed by atoms with van der Waals surface area (Å²) in [7, 11) is 0. The second-order valence-electron chi connectivity index (χ2n) is 9.78. The van der Waals surface area contributed by atoms with E-state index in [1.54, 1.807) is 6.07 Å². The normalized spacial score (nSPS) is 11.5. The molecule has 0 atom stereocenters. The number of aliphatic hydroxyl groups excluding tert-OH is 1. The number of furan rings is 1. The molecule has 0 fully saturated rings. The Morgan fingerprint density at radius 1 is 0.811 bits per heavy atom. The lowest BCUT2D eigenvalue weighted by atomic mass is 9.96. The van der Waals surface area contributed by atoms with Crippen molar-refractivity contribution < 1.29 is 24.2 Å². The Hall–Kier alpha value is -2.96. The number of aryl methyl sites for hydroxylation is 2. The summed E-state index contributed by atoms with van der Waals surface area (Å²) < 4.78 is 5.98. The number of hydrogen-bond donors (Lipinski definition) is 2. The fourth-order valence-electron chi connectivity index (χ4n) is 4.68. The van der Waals surface area contributed by atoms with Crippen LogP contribution in [0.15, 0.2) is 46.9 Å². The number of rotatable bonds is 17. The van der Waals surface area contributed by atoms with Gasteiger partial charge in [-0.05, 0) is 81.9 Å². The third-order valence-electron chi connectivity index (χ3n) is 6.86. The first-order valence-electron chi connectivity index (χ1n) is 13.7. The van der Waals surface area contributed by atoms with E-state index in [9.17, 15) is 14.7 Å². The third kappa shape index (κ3) is 8.01. The molecular formula is C31H41NO5. The standard InChI is InChI=1S/C31H41NO5/c1-3-5-18-32(19-6-4-2)20-9-10-23-12-14-24(15-13-23)30(34)29-26-22-25(31(35)36)16-17-27(26)37-28(29)11-7-8-21-33/h12-17,22,33H,3-11,18-21H2,1-2H3,(H,35,36). The van der Waals surface area contributed by atoms with Gasteiger partial charge in [0.05, 0.1) is 11.1 Å². The van der Waals surface area contributed by atoms with Gasteiger partial charge < -0.3 is 19.5 Å². The first-order valence-corrected chi connectivity index (χ1v) is 13.7. The van der Waals surface area contributed by atoms with Gasteiger partial charge in [-0.25, -0.2) is 4.79 Å². The van der Waals surface area contributed by atoms with Crippen molar-refractivity contribution in [1.82, 2.24) is 4.90 Å². The predicted octanol–water partition coefficient (Wildman–Crippen LogP) is 6.51. The van der Waals surface area contributed by atoms with Crippen LogP contribution in [0.25, 0.3) is 11.0 Å². The van der Waals surface area contributed by atoms with Crippen LogP contribution in [0.2, 0.25) is 0 Å². The number of unbranched alkanes of at least 4 members (excludes halogenated alkanes) is 3. The van der Waals surface area contributed by atoms with Crippen molar-refractivity contribution in [2.24, 2.45) is 0 Å². The molecule has 0 aliphatic carbocycles. The molecule has 2 aromatic carbocycles. The number of hydrogen-bond acceptors (Lipinski definition) is 5. The zero-order chi connectivity index (χ0) is 26.6. The first-order chi connectivity index (χ1) is 18.0. The minimum Gasteiger partial charge on any atom is -0.478 e. The molecule has 0 spiro atoms. The van der Waals surface area contributed by atoms with Gasteiger partial charge >= 0.3 is 5.97 Å². The molecule has 0 amide bonds. The number of carboxylic acid groups (broad SMARTS) is 1. The van der Waals surface area contributed by atoms with Crippen molar-refractivity contribution in [1.29, 1.82) is 0 Å². The largest absolute Gasteiger partial charge is 0.478 e. The van der Waals surface area contributed by atoms with Gasteiger partial charge in [0.15, 0.2) is 5.78 Å². The van der Waals surface area contributed by atoms with Crippen LogP contribution in [0.3, 0.4) is 0 Å². The van der Waals surface area contributed by atoms with E-state index in [0.29, 0.717) is 47.1 Å². The van der Waals surface area contributed by atoms with Gasteiger partial charge in [-0.1, -0.05) is 51.0 Å². The van der Waals surface area contributed by atoms with Crippen molar-refractivity contribution in [2.45, 2.75) is 71.6 Å². The molecule has 6 nitrogen and oxygen atoms in total. The highest BCUT2D eigenvalue weighted by Gasteiger charge is 2.23. The second kappa shape index (κ2) is 14.7. The summed E-state index contributed by atoms with van der Waals surface area (Å²) in [6, 6.07) is 12.4. The molecule has 0 unspecified atom stereocenters. The van der Waals surface area contributed by atoms with E-state index < -0.39 is 5.97 Å². The van der Waals surface area contributed by atoms with Crippen LogP contribution < -0.4 is 0 Å². The average Bonchev–Trinajstić information content (AvgIpc) is 3.27. The minimum absolute atomic E-state index is 0.0725. The van der Waals surface area contributed by atoms with E-state index in [1.807, 2.05) is 24.3 Å². The van der Waals surface area contributed by atoms with Crippen LogP contribution >= 0.6 is 0 Å². The Kier molecular flexibility index (Phi) is 11.4. The van der Waals surface area contributed by atoms with Gasteiger partial charge in [0.25, 0.3) is 0 Å². The molecule has 1 aromatic heterocycles. The van der Waals surface area contributed by atoms with E-state index in [2.05, 4.69) is 18.7 Å². The van der Waals surface area contributed by atoms with Gasteiger partial charge in [-0.3, -0.25) is 4.79 Å². The lowest BCUT2D eigenvalue weighted by Gasteiger charge is -2.21. The second-order valence-corrected chi connectivity index (χ2v) is 9.78. The van der Waals surface area contributed by atoms with Crippen LogP contribution in [0, 0.1) is 0 Å². The summed E-state index contributed by atoms with van der Waals surface area (Å²) in [5, 5.41) is 19.1. The van der Waals surface area contributed by atoms with E-state index in [-0.39, 0.29) is 18.0 Å². The number of ketones is 1. The Labute approximate surface area is 220 Å². The maximum absolute atomic E-state index is 13.6. The van der Waals surface area contributed by atoms with Gasteiger partial charge in [0.1, 0.15) is 11.3 Å². The van der Waals surface area contributed by atoms with Gasteiger partial charge in [0, 0.05) is 24.0 Å². The van der Waals surface area contributed by atoms with Crippen LogP contribution in [0.5, 0.6) is 0 Å². The fourth-order valence-corrected chi connectivity index (χ4v) is 4.68. The lowest BCUT2D eigenvalue weighted by molar-refractivity contribution is 0.0696. The van der Waals surface area contributed by atoms with Crippen molar-refractivity contribution >= 4 is 22.7 Å². The zero-order valence-corrected chi connectivity index (χ0v) is 22.3. The Morgan fingerprint density at radius 3 is 2.08 bits per heavy atom. The maximum Gasteiger partial charge on any atom is 0.335 e. The summed E-state index contributed by atoms with van der Waals surface area (Å²) in [4.78, 5) is 27.7. The number of carbonyl (C=O) groups excluding carboxylic acids is 1. The number of nitrogens with zero attached hydrogens (tertiary/aromatic N) is 1. The molecule has 3 rings (SSSR count). The molecule has 200 valence electrons. The smallest absolute Gasteiger partial charge is 0.335 e. The Balaban J connectivity index is 1.75. The molecule has 1 heterocycles. The molecule has 3 aromatic rings. The summed E-state index contributed by atoms with van der Waals surface area (Å²) in [5.41, 5.74) is 2.80. The molecule has 0 aliphatic rings. The summed E-state index contributed by atoms with van der Waals surface area (Å²) >= 11 is 0. The highest BCUT2D eigenvalue weighted by Crippen LogP contribution is 2.30. The highest BCUT2D eigenvalue weighted by atomic mass is 16.4. The van der Waals surface area contributed by atoms with Crippen molar-refractivity contribution in [3.8, 4) is 0 Å². The number of fused-ring (bicyclic) bond motifs is 1. The number of carbonyl (C=O) groups is 2. The molecule has 0 saturated heterocycles. The quantitative estimate of drug-likeness (QED) is 0.160. The van der Waals surface area contributed by atoms with Crippen LogP contribution in [-0.2, 0) is 12.8 Å². The van der Waals surface area contributed by atoms with Gasteiger partial charge in [-0.2, -0.15) is 0 Å². The SMILES string of the molecule is CCCCN(CCCC)CCCc1ccc(C(=O)c2c(CCCCO)oc3ccc(C(=O)O)cc23)cc1. The van der Waals surface area contributed by atoms with E-state index >= 15 is 0 Å². The molecular weight excluding hydrogens is 466 g/mol. The molecule has 6 heteroatoms. The van der Waals surface area contributed by atoms with Gasteiger partial charge in [0.2, 0.25) is 0 Å². The first kappa shape index (κ1) is 28.6. The number of benzene rings is 2. The van der Waals surface area contributed by atoms with Crippen molar-refractivity contribution in [3.05, 3.63) is 70.5 Å². The van der Waals surface area contributed by atoms with Crippen molar-refractivity contribution in [3.63, 3.8) is 0 Å². The maximum atomic E-state index is 13.6. The highest BCUT2D eigenvalue weighted by molar-refractivity contribution is 6.17. The Bertz CT molecular complexity index is 1140. The topological polar surface area (TPSA) is 91.0 Å². The molecule has 37 heavy (non-hydrogen) atoms. The molecule has 2 N–H and O–H groups in total. The summed E-state index contributed by atoms with van der Waals surface area (Å²) in [6.45, 7) is 7.94. The third-order valence-corrected chi connectivity index (χ3v) is 6.86. The number of carboxylic acids is 1. The Morgan fingerprint density at radius 2 is 1.46 bits per heavy atom. The van der Waals surface area contributed by atoms with Crippen LogP contribution in [0.1, 0.15) is 96.4 Å². The van der Waals surface area contributed by atoms with Crippen LogP contribution in [-0.4, -0.2) is 53.1 Å². The number of aliphatic hydroxyl groups is 1. The minimum atomic E-state index is -1.05. The predicted molar refractivity (Wildman–Crippen MR) is 148 cm³/mol. The van der Waals surface area contributed by atoms with E-state index in [0.717, 1.165) is 32.5 Å². The summed E-state index contributed by atoms with van der Waals surface area (Å²) in [6.07, 6.45) is 8.73. The van der Waals surface area contributed by atoms with E-state index in [4.69, 9.17) is 9.52 Å². The molecule has 0 radical (unpaired) electrons. The van der Waals surface area contributed by atoms with Gasteiger partial charge in [-0.15, -0.1) is 0 Å². The molecule has 0 bridgehead atoms. The molecule has 0 aliphatic heterocycles. The average molecular weight is 508 g/mol. The summed E-state index contributed by atoms with van der Waals surface area (Å²) in [5.74, 6) is -0.674. The lowest BCUT2D eigenvalue weighted by Crippen LogP contribution is -2.27. The van der Waals surface area contributed by atoms with E-state index in [1.165, 1.54) is 43.4 Å².